The lowest BCUT2D eigenvalue weighted by molar-refractivity contribution is -0.121. The maximum atomic E-state index is 12.3. The molecule has 0 bridgehead atoms. The Hall–Kier alpha value is -1.97. The highest BCUT2D eigenvalue weighted by Gasteiger charge is 2.23. The Kier molecular flexibility index (Phi) is 6.71. The Morgan fingerprint density at radius 3 is 2.62 bits per heavy atom. The van der Waals surface area contributed by atoms with Crippen LogP contribution in [-0.2, 0) is 11.2 Å². The van der Waals surface area contributed by atoms with Gasteiger partial charge in [0.15, 0.2) is 11.5 Å². The van der Waals surface area contributed by atoms with Crippen LogP contribution in [0.3, 0.4) is 0 Å². The van der Waals surface area contributed by atoms with Crippen molar-refractivity contribution in [1.29, 1.82) is 0 Å². The number of phenolic OH excluding ortho intramolecular Hbond substituents is 1. The van der Waals surface area contributed by atoms with Gasteiger partial charge in [0, 0.05) is 6.04 Å². The van der Waals surface area contributed by atoms with Gasteiger partial charge in [-0.15, -0.1) is 0 Å². The van der Waals surface area contributed by atoms with Crippen LogP contribution in [0.25, 0.3) is 0 Å². The van der Waals surface area contributed by atoms with E-state index in [1.54, 1.807) is 23.8 Å². The van der Waals surface area contributed by atoms with E-state index in [9.17, 15) is 9.90 Å². The van der Waals surface area contributed by atoms with Crippen molar-refractivity contribution in [2.24, 2.45) is 5.92 Å². The molecule has 1 aliphatic carbocycles. The van der Waals surface area contributed by atoms with E-state index in [2.05, 4.69) is 25.2 Å². The zero-order valence-corrected chi connectivity index (χ0v) is 15.0. The molecule has 132 valence electrons. The zero-order valence-electron chi connectivity index (χ0n) is 15.0. The number of benzene rings is 1. The fourth-order valence-electron chi connectivity index (χ4n) is 3.63. The quantitative estimate of drug-likeness (QED) is 0.775. The monoisotopic (exact) mass is 331 g/mol. The summed E-state index contributed by atoms with van der Waals surface area (Å²) in [6, 6.07) is 5.32. The highest BCUT2D eigenvalue weighted by Crippen LogP contribution is 2.31. The SMILES string of the molecule is C/C=C(\CC)C1CCC(NC(=O)Cc2ccc(O)c(OC)c2)CC1. The summed E-state index contributed by atoms with van der Waals surface area (Å²) in [6.45, 7) is 4.34. The highest BCUT2D eigenvalue weighted by atomic mass is 16.5. The van der Waals surface area contributed by atoms with Gasteiger partial charge in [-0.3, -0.25) is 4.79 Å². The summed E-state index contributed by atoms with van der Waals surface area (Å²) in [5.41, 5.74) is 2.40. The average molecular weight is 331 g/mol. The van der Waals surface area contributed by atoms with E-state index in [4.69, 9.17) is 4.74 Å². The molecule has 0 aliphatic heterocycles. The summed E-state index contributed by atoms with van der Waals surface area (Å²) in [6.07, 6.45) is 8.10. The first-order valence-corrected chi connectivity index (χ1v) is 8.87. The second-order valence-electron chi connectivity index (χ2n) is 6.52. The van der Waals surface area contributed by atoms with E-state index in [-0.39, 0.29) is 17.7 Å². The first-order valence-electron chi connectivity index (χ1n) is 8.87. The van der Waals surface area contributed by atoms with Crippen LogP contribution in [0.15, 0.2) is 29.8 Å². The number of allylic oxidation sites excluding steroid dienone is 2. The molecule has 2 rings (SSSR count). The van der Waals surface area contributed by atoms with Gasteiger partial charge in [0.25, 0.3) is 0 Å². The fourth-order valence-corrected chi connectivity index (χ4v) is 3.63. The smallest absolute Gasteiger partial charge is 0.224 e. The van der Waals surface area contributed by atoms with Gasteiger partial charge in [-0.1, -0.05) is 24.6 Å². The molecule has 0 saturated heterocycles. The minimum absolute atomic E-state index is 0.0351. The van der Waals surface area contributed by atoms with Crippen LogP contribution in [0.1, 0.15) is 51.5 Å². The second kappa shape index (κ2) is 8.76. The van der Waals surface area contributed by atoms with Gasteiger partial charge in [0.05, 0.1) is 13.5 Å². The number of carbonyl (C=O) groups is 1. The lowest BCUT2D eigenvalue weighted by atomic mass is 9.80. The van der Waals surface area contributed by atoms with E-state index in [0.717, 1.165) is 37.7 Å². The Balaban J connectivity index is 1.84. The summed E-state index contributed by atoms with van der Waals surface area (Å²) in [5, 5.41) is 12.8. The van der Waals surface area contributed by atoms with Crippen molar-refractivity contribution in [3.63, 3.8) is 0 Å². The molecular formula is C20H29NO3. The number of hydrogen-bond donors (Lipinski definition) is 2. The van der Waals surface area contributed by atoms with Crippen molar-refractivity contribution < 1.29 is 14.6 Å². The first-order chi connectivity index (χ1) is 11.6. The summed E-state index contributed by atoms with van der Waals surface area (Å²) in [5.74, 6) is 1.22. The maximum absolute atomic E-state index is 12.3. The summed E-state index contributed by atoms with van der Waals surface area (Å²) < 4.78 is 5.09. The van der Waals surface area contributed by atoms with Crippen molar-refractivity contribution in [2.75, 3.05) is 7.11 Å². The molecule has 0 unspecified atom stereocenters. The average Bonchev–Trinajstić information content (AvgIpc) is 2.59. The summed E-state index contributed by atoms with van der Waals surface area (Å²) in [4.78, 5) is 12.3. The minimum atomic E-state index is 0.0351. The molecule has 2 N–H and O–H groups in total. The number of methoxy groups -OCH3 is 1. The number of hydrogen-bond acceptors (Lipinski definition) is 3. The Morgan fingerprint density at radius 1 is 1.33 bits per heavy atom. The van der Waals surface area contributed by atoms with Crippen molar-refractivity contribution in [2.45, 2.75) is 58.4 Å². The molecule has 0 aromatic heterocycles. The summed E-state index contributed by atoms with van der Waals surface area (Å²) >= 11 is 0. The number of ether oxygens (including phenoxy) is 1. The lowest BCUT2D eigenvalue weighted by Crippen LogP contribution is -2.38. The molecule has 1 amide bonds. The van der Waals surface area contributed by atoms with Gasteiger partial charge >= 0.3 is 0 Å². The van der Waals surface area contributed by atoms with Crippen LogP contribution >= 0.6 is 0 Å². The largest absolute Gasteiger partial charge is 0.504 e. The lowest BCUT2D eigenvalue weighted by Gasteiger charge is -2.30. The third-order valence-corrected chi connectivity index (χ3v) is 5.00. The fraction of sp³-hybridized carbons (Fsp3) is 0.550. The van der Waals surface area contributed by atoms with Gasteiger partial charge in [0.2, 0.25) is 5.91 Å². The molecule has 0 spiro atoms. The van der Waals surface area contributed by atoms with E-state index in [1.165, 1.54) is 7.11 Å². The van der Waals surface area contributed by atoms with E-state index in [0.29, 0.717) is 18.1 Å². The minimum Gasteiger partial charge on any atom is -0.504 e. The van der Waals surface area contributed by atoms with Crippen LogP contribution in [0, 0.1) is 5.92 Å². The van der Waals surface area contributed by atoms with Gasteiger partial charge in [-0.25, -0.2) is 0 Å². The Bertz CT molecular complexity index is 587. The second-order valence-corrected chi connectivity index (χ2v) is 6.52. The molecule has 24 heavy (non-hydrogen) atoms. The molecule has 0 radical (unpaired) electrons. The predicted molar refractivity (Wildman–Crippen MR) is 96.3 cm³/mol. The third kappa shape index (κ3) is 4.76. The number of carbonyl (C=O) groups excluding carboxylic acids is 1. The van der Waals surface area contributed by atoms with Crippen LogP contribution < -0.4 is 10.1 Å². The van der Waals surface area contributed by atoms with Crippen molar-refractivity contribution in [3.05, 3.63) is 35.4 Å². The number of rotatable bonds is 6. The molecule has 4 heteroatoms. The van der Waals surface area contributed by atoms with E-state index < -0.39 is 0 Å². The molecule has 1 aliphatic rings. The molecule has 1 aromatic carbocycles. The molecule has 0 atom stereocenters. The third-order valence-electron chi connectivity index (χ3n) is 5.00. The van der Waals surface area contributed by atoms with Crippen LogP contribution in [0.2, 0.25) is 0 Å². The van der Waals surface area contributed by atoms with E-state index in [1.807, 2.05) is 0 Å². The molecule has 4 nitrogen and oxygen atoms in total. The number of phenols is 1. The standard InChI is InChI=1S/C20H29NO3/c1-4-15(5-2)16-7-9-17(10-8-16)21-20(23)13-14-6-11-18(22)19(12-14)24-3/h4,6,11-12,16-17,22H,5,7-10,13H2,1-3H3,(H,21,23)/b15-4+. The number of aromatic hydroxyl groups is 1. The maximum Gasteiger partial charge on any atom is 0.224 e. The van der Waals surface area contributed by atoms with Crippen LogP contribution in [-0.4, -0.2) is 24.2 Å². The predicted octanol–water partition coefficient (Wildman–Crippen LogP) is 3.97. The van der Waals surface area contributed by atoms with Crippen molar-refractivity contribution in [1.82, 2.24) is 5.32 Å². The van der Waals surface area contributed by atoms with Gasteiger partial charge in [-0.05, 0) is 62.6 Å². The van der Waals surface area contributed by atoms with Crippen molar-refractivity contribution >= 4 is 5.91 Å². The normalized spacial score (nSPS) is 21.4. The zero-order chi connectivity index (χ0) is 17.5. The molecule has 1 aromatic rings. The van der Waals surface area contributed by atoms with Crippen molar-refractivity contribution in [3.8, 4) is 11.5 Å². The molecule has 1 saturated carbocycles. The highest BCUT2D eigenvalue weighted by molar-refractivity contribution is 5.79. The van der Waals surface area contributed by atoms with Gasteiger partial charge < -0.3 is 15.2 Å². The molecular weight excluding hydrogens is 302 g/mol. The van der Waals surface area contributed by atoms with Gasteiger partial charge in [0.1, 0.15) is 0 Å². The molecule has 1 fully saturated rings. The Morgan fingerprint density at radius 2 is 2.04 bits per heavy atom. The summed E-state index contributed by atoms with van der Waals surface area (Å²) in [7, 11) is 1.51. The van der Waals surface area contributed by atoms with E-state index >= 15 is 0 Å². The first kappa shape index (κ1) is 18.4. The van der Waals surface area contributed by atoms with Crippen LogP contribution in [0.4, 0.5) is 0 Å². The molecule has 0 heterocycles. The van der Waals surface area contributed by atoms with Gasteiger partial charge in [-0.2, -0.15) is 0 Å². The van der Waals surface area contributed by atoms with Crippen LogP contribution in [0.5, 0.6) is 11.5 Å². The topological polar surface area (TPSA) is 58.6 Å². The number of amides is 1. The Labute approximate surface area is 144 Å². The number of nitrogens with one attached hydrogen (secondary N) is 1.